The zero-order valence-corrected chi connectivity index (χ0v) is 8.54. The molecule has 0 fully saturated rings. The molecule has 3 heteroatoms. The Morgan fingerprint density at radius 2 is 2.23 bits per heavy atom. The zero-order chi connectivity index (χ0) is 10.5. The summed E-state index contributed by atoms with van der Waals surface area (Å²) in [6.07, 6.45) is 1.52. The van der Waals surface area contributed by atoms with E-state index in [4.69, 9.17) is 0 Å². The van der Waals surface area contributed by atoms with Crippen molar-refractivity contribution >= 4 is 6.29 Å². The second-order valence-corrected chi connectivity index (χ2v) is 3.97. The van der Waals surface area contributed by atoms with E-state index < -0.39 is 5.41 Å². The zero-order valence-electron chi connectivity index (χ0n) is 8.54. The Hall–Kier alpha value is -0.990. The highest BCUT2D eigenvalue weighted by atomic mass is 16.3. The molecule has 0 aromatic rings. The third-order valence-corrected chi connectivity index (χ3v) is 2.43. The van der Waals surface area contributed by atoms with Crippen molar-refractivity contribution in [2.24, 2.45) is 16.5 Å². The number of allylic oxidation sites excluding steroid dienone is 1. The van der Waals surface area contributed by atoms with Crippen molar-refractivity contribution in [2.75, 3.05) is 6.54 Å². The molecule has 0 radical (unpaired) electrons. The number of nitroso groups, excluding NO2 is 1. The average molecular weight is 183 g/mol. The number of hydrogen-bond donors (Lipinski definition) is 0. The Bertz CT molecular complexity index is 213. The minimum absolute atomic E-state index is 0.0285. The fourth-order valence-corrected chi connectivity index (χ4v) is 1.30. The van der Waals surface area contributed by atoms with Gasteiger partial charge in [0.2, 0.25) is 0 Å². The predicted molar refractivity (Wildman–Crippen MR) is 53.4 cm³/mol. The Kier molecular flexibility index (Phi) is 4.52. The molecule has 0 heterocycles. The second-order valence-electron chi connectivity index (χ2n) is 3.97. The van der Waals surface area contributed by atoms with Crippen LogP contribution in [0.2, 0.25) is 0 Å². The van der Waals surface area contributed by atoms with Crippen molar-refractivity contribution in [3.05, 3.63) is 17.1 Å². The van der Waals surface area contributed by atoms with Crippen LogP contribution >= 0.6 is 0 Å². The third-order valence-electron chi connectivity index (χ3n) is 2.43. The minimum Gasteiger partial charge on any atom is -0.303 e. The van der Waals surface area contributed by atoms with Gasteiger partial charge in [-0.2, -0.15) is 4.91 Å². The van der Waals surface area contributed by atoms with Gasteiger partial charge in [-0.25, -0.2) is 0 Å². The van der Waals surface area contributed by atoms with Crippen LogP contribution in [-0.4, -0.2) is 12.8 Å². The van der Waals surface area contributed by atoms with E-state index >= 15 is 0 Å². The Labute approximate surface area is 79.2 Å². The van der Waals surface area contributed by atoms with Crippen LogP contribution in [0.3, 0.4) is 0 Å². The van der Waals surface area contributed by atoms with Crippen molar-refractivity contribution in [1.29, 1.82) is 0 Å². The Morgan fingerprint density at radius 3 is 2.54 bits per heavy atom. The summed E-state index contributed by atoms with van der Waals surface area (Å²) in [5.74, 6) is -0.0285. The van der Waals surface area contributed by atoms with Crippen LogP contribution in [0.4, 0.5) is 0 Å². The topological polar surface area (TPSA) is 46.5 Å². The largest absolute Gasteiger partial charge is 0.303 e. The smallest absolute Gasteiger partial charge is 0.126 e. The molecule has 0 N–H and O–H groups in total. The molecule has 13 heavy (non-hydrogen) atoms. The first-order valence-corrected chi connectivity index (χ1v) is 4.36. The molecule has 0 aliphatic rings. The van der Waals surface area contributed by atoms with Crippen LogP contribution in [0.15, 0.2) is 17.3 Å². The van der Waals surface area contributed by atoms with Gasteiger partial charge in [0, 0.05) is 5.41 Å². The van der Waals surface area contributed by atoms with Gasteiger partial charge < -0.3 is 4.79 Å². The highest BCUT2D eigenvalue weighted by molar-refractivity contribution is 5.60. The molecule has 0 aliphatic carbocycles. The van der Waals surface area contributed by atoms with E-state index in [9.17, 15) is 9.70 Å². The van der Waals surface area contributed by atoms with Crippen molar-refractivity contribution in [3.63, 3.8) is 0 Å². The molecule has 3 nitrogen and oxygen atoms in total. The molecule has 0 aromatic heterocycles. The first-order valence-electron chi connectivity index (χ1n) is 4.36. The molecule has 0 aromatic carbocycles. The van der Waals surface area contributed by atoms with Gasteiger partial charge in [-0.05, 0) is 19.3 Å². The standard InChI is InChI=1S/C10H17NO2/c1-8(2)5-10(4,7-12)9(3)6-11-13/h7,9H,1,5-6H2,2-4H3. The highest BCUT2D eigenvalue weighted by Gasteiger charge is 2.30. The van der Waals surface area contributed by atoms with Crippen LogP contribution in [0.25, 0.3) is 0 Å². The summed E-state index contributed by atoms with van der Waals surface area (Å²) in [6.45, 7) is 9.52. The van der Waals surface area contributed by atoms with E-state index in [1.54, 1.807) is 0 Å². The fourth-order valence-electron chi connectivity index (χ4n) is 1.30. The van der Waals surface area contributed by atoms with Gasteiger partial charge >= 0.3 is 0 Å². The minimum atomic E-state index is -0.500. The van der Waals surface area contributed by atoms with Crippen LogP contribution < -0.4 is 0 Å². The molecule has 0 spiro atoms. The highest BCUT2D eigenvalue weighted by Crippen LogP contribution is 2.31. The lowest BCUT2D eigenvalue weighted by Crippen LogP contribution is -2.29. The SMILES string of the molecule is C=C(C)CC(C)(C=O)C(C)CN=O. The quantitative estimate of drug-likeness (QED) is 0.361. The molecule has 2 atom stereocenters. The molecule has 0 saturated heterocycles. The van der Waals surface area contributed by atoms with Crippen LogP contribution in [0.1, 0.15) is 27.2 Å². The fraction of sp³-hybridized carbons (Fsp3) is 0.700. The predicted octanol–water partition coefficient (Wildman–Crippen LogP) is 2.56. The summed E-state index contributed by atoms with van der Waals surface area (Å²) in [7, 11) is 0. The van der Waals surface area contributed by atoms with E-state index in [1.807, 2.05) is 20.8 Å². The maximum atomic E-state index is 10.9. The maximum absolute atomic E-state index is 10.9. The van der Waals surface area contributed by atoms with Gasteiger partial charge in [0.1, 0.15) is 6.29 Å². The van der Waals surface area contributed by atoms with Crippen LogP contribution in [0, 0.1) is 16.2 Å². The van der Waals surface area contributed by atoms with Crippen LogP contribution in [-0.2, 0) is 4.79 Å². The monoisotopic (exact) mass is 183 g/mol. The molecule has 74 valence electrons. The summed E-state index contributed by atoms with van der Waals surface area (Å²) in [6, 6.07) is 0. The van der Waals surface area contributed by atoms with E-state index in [-0.39, 0.29) is 12.5 Å². The van der Waals surface area contributed by atoms with Gasteiger partial charge in [0.15, 0.2) is 0 Å². The molecule has 2 unspecified atom stereocenters. The van der Waals surface area contributed by atoms with Crippen molar-refractivity contribution in [1.82, 2.24) is 0 Å². The van der Waals surface area contributed by atoms with Gasteiger partial charge in [0.25, 0.3) is 0 Å². The van der Waals surface area contributed by atoms with E-state index in [1.165, 1.54) is 0 Å². The van der Waals surface area contributed by atoms with E-state index in [0.717, 1.165) is 11.9 Å². The third kappa shape index (κ3) is 3.49. The summed E-state index contributed by atoms with van der Waals surface area (Å²) < 4.78 is 0. The van der Waals surface area contributed by atoms with Gasteiger partial charge in [0.05, 0.1) is 6.54 Å². The Morgan fingerprint density at radius 1 is 1.69 bits per heavy atom. The van der Waals surface area contributed by atoms with E-state index in [2.05, 4.69) is 11.8 Å². The van der Waals surface area contributed by atoms with Crippen molar-refractivity contribution in [3.8, 4) is 0 Å². The second kappa shape index (κ2) is 4.90. The number of rotatable bonds is 6. The molecular weight excluding hydrogens is 166 g/mol. The molecular formula is C10H17NO2. The summed E-state index contributed by atoms with van der Waals surface area (Å²) in [4.78, 5) is 21.0. The van der Waals surface area contributed by atoms with Gasteiger partial charge in [-0.15, -0.1) is 6.58 Å². The number of carbonyl (C=O) groups is 1. The first-order chi connectivity index (χ1) is 5.96. The molecule has 0 saturated carbocycles. The lowest BCUT2D eigenvalue weighted by Gasteiger charge is -2.28. The van der Waals surface area contributed by atoms with Gasteiger partial charge in [-0.1, -0.05) is 24.6 Å². The van der Waals surface area contributed by atoms with Gasteiger partial charge in [-0.3, -0.25) is 0 Å². The first kappa shape index (κ1) is 12.0. The number of carbonyl (C=O) groups excluding carboxylic acids is 1. The maximum Gasteiger partial charge on any atom is 0.126 e. The summed E-state index contributed by atoms with van der Waals surface area (Å²) in [5, 5.41) is 2.82. The molecule has 0 rings (SSSR count). The summed E-state index contributed by atoms with van der Waals surface area (Å²) >= 11 is 0. The van der Waals surface area contributed by atoms with Crippen molar-refractivity contribution in [2.45, 2.75) is 27.2 Å². The molecule has 0 amide bonds. The molecule has 0 bridgehead atoms. The van der Waals surface area contributed by atoms with Crippen molar-refractivity contribution < 1.29 is 4.79 Å². The van der Waals surface area contributed by atoms with Crippen LogP contribution in [0.5, 0.6) is 0 Å². The average Bonchev–Trinajstić information content (AvgIpc) is 2.03. The number of aldehydes is 1. The number of hydrogen-bond acceptors (Lipinski definition) is 3. The lowest BCUT2D eigenvalue weighted by molar-refractivity contribution is -0.117. The normalized spacial score (nSPS) is 17.2. The lowest BCUT2D eigenvalue weighted by atomic mass is 9.75. The Balaban J connectivity index is 4.50. The molecule has 0 aliphatic heterocycles. The number of nitrogens with zero attached hydrogens (tertiary/aromatic N) is 1. The summed E-state index contributed by atoms with van der Waals surface area (Å²) in [5.41, 5.74) is 0.451. The van der Waals surface area contributed by atoms with E-state index in [0.29, 0.717) is 6.42 Å².